The lowest BCUT2D eigenvalue weighted by Crippen LogP contribution is -2.24. The van der Waals surface area contributed by atoms with Crippen LogP contribution >= 0.6 is 17.3 Å². The van der Waals surface area contributed by atoms with E-state index in [9.17, 15) is 4.79 Å². The predicted molar refractivity (Wildman–Crippen MR) is 45.9 cm³/mol. The summed E-state index contributed by atoms with van der Waals surface area (Å²) in [5, 5.41) is 0. The molecular formula is C5H13NOP2. The van der Waals surface area contributed by atoms with Crippen LogP contribution in [0, 0.1) is 0 Å². The van der Waals surface area contributed by atoms with Crippen LogP contribution in [-0.4, -0.2) is 24.0 Å². The Kier molecular flexibility index (Phi) is 5.58. The zero-order valence-corrected chi connectivity index (χ0v) is 7.95. The van der Waals surface area contributed by atoms with Gasteiger partial charge in [0.25, 0.3) is 0 Å². The summed E-state index contributed by atoms with van der Waals surface area (Å²) in [6.07, 6.45) is 1.90. The van der Waals surface area contributed by atoms with E-state index in [4.69, 9.17) is 0 Å². The second-order valence-corrected chi connectivity index (χ2v) is 3.59. The van der Waals surface area contributed by atoms with Crippen molar-refractivity contribution in [2.24, 2.45) is 0 Å². The summed E-state index contributed by atoms with van der Waals surface area (Å²) in [6, 6.07) is 0.112. The van der Waals surface area contributed by atoms with Crippen molar-refractivity contribution in [3.05, 3.63) is 0 Å². The number of carbonyl (C=O) groups excluding carboxylic acids is 1. The SMILES string of the molecule is CCC(C=O)N(C)PP. The van der Waals surface area contributed by atoms with Gasteiger partial charge in [-0.25, -0.2) is 0 Å². The van der Waals surface area contributed by atoms with Gasteiger partial charge in [-0.15, -0.1) is 0 Å². The zero-order chi connectivity index (χ0) is 7.28. The first-order valence-electron chi connectivity index (χ1n) is 2.90. The van der Waals surface area contributed by atoms with Gasteiger partial charge in [-0.2, -0.15) is 0 Å². The zero-order valence-electron chi connectivity index (χ0n) is 5.79. The normalized spacial score (nSPS) is 15.1. The fraction of sp³-hybridized carbons (Fsp3) is 0.800. The van der Waals surface area contributed by atoms with Crippen LogP contribution in [0.1, 0.15) is 13.3 Å². The summed E-state index contributed by atoms with van der Waals surface area (Å²) in [7, 11) is 5.21. The maximum absolute atomic E-state index is 10.3. The van der Waals surface area contributed by atoms with Crippen molar-refractivity contribution in [2.45, 2.75) is 19.4 Å². The van der Waals surface area contributed by atoms with E-state index < -0.39 is 0 Å². The minimum Gasteiger partial charge on any atom is -0.302 e. The number of nitrogens with zero attached hydrogens (tertiary/aromatic N) is 1. The van der Waals surface area contributed by atoms with Gasteiger partial charge in [0, 0.05) is 0 Å². The average Bonchev–Trinajstić information content (AvgIpc) is 1.90. The topological polar surface area (TPSA) is 20.3 Å². The Morgan fingerprint density at radius 1 is 1.89 bits per heavy atom. The fourth-order valence-corrected chi connectivity index (χ4v) is 1.57. The molecule has 0 spiro atoms. The van der Waals surface area contributed by atoms with Crippen LogP contribution in [0.5, 0.6) is 0 Å². The Bertz CT molecular complexity index is 89.0. The van der Waals surface area contributed by atoms with E-state index in [1.54, 1.807) is 0 Å². The van der Waals surface area contributed by atoms with E-state index in [0.717, 1.165) is 12.7 Å². The summed E-state index contributed by atoms with van der Waals surface area (Å²) >= 11 is 0. The molecule has 0 aliphatic heterocycles. The third kappa shape index (κ3) is 3.25. The van der Waals surface area contributed by atoms with Crippen molar-refractivity contribution in [3.63, 3.8) is 0 Å². The number of hydrogen-bond acceptors (Lipinski definition) is 2. The fourth-order valence-electron chi connectivity index (χ4n) is 0.557. The summed E-state index contributed by atoms with van der Waals surface area (Å²) in [5.41, 5.74) is 0. The second-order valence-electron chi connectivity index (χ2n) is 1.85. The average molecular weight is 165 g/mol. The van der Waals surface area contributed by atoms with Crippen LogP contribution in [0.4, 0.5) is 0 Å². The molecule has 0 aromatic rings. The van der Waals surface area contributed by atoms with Crippen LogP contribution < -0.4 is 0 Å². The molecule has 9 heavy (non-hydrogen) atoms. The van der Waals surface area contributed by atoms with E-state index in [1.807, 2.05) is 18.6 Å². The van der Waals surface area contributed by atoms with Gasteiger partial charge in [0.15, 0.2) is 0 Å². The highest BCUT2D eigenvalue weighted by Crippen LogP contribution is 2.26. The maximum Gasteiger partial charge on any atom is 0.137 e. The van der Waals surface area contributed by atoms with E-state index in [1.165, 1.54) is 0 Å². The Hall–Kier alpha value is 0.490. The number of aldehydes is 1. The summed E-state index contributed by atoms with van der Waals surface area (Å²) < 4.78 is 2.03. The quantitative estimate of drug-likeness (QED) is 0.462. The molecule has 0 aromatic carbocycles. The van der Waals surface area contributed by atoms with Gasteiger partial charge in [0.1, 0.15) is 6.29 Å². The minimum absolute atomic E-state index is 0.112. The molecule has 4 heteroatoms. The number of hydrogen-bond donors (Lipinski definition) is 0. The molecule has 0 aliphatic rings. The van der Waals surface area contributed by atoms with Crippen molar-refractivity contribution >= 4 is 23.6 Å². The standard InChI is InChI=1S/C5H13NOP2/c1-3-5(4-7)6(2)9-8/h4-5,9H,3,8H2,1-2H3. The van der Waals surface area contributed by atoms with Crippen LogP contribution in [0.3, 0.4) is 0 Å². The Morgan fingerprint density at radius 2 is 2.44 bits per heavy atom. The maximum atomic E-state index is 10.3. The molecular weight excluding hydrogens is 152 g/mol. The molecule has 0 rings (SSSR count). The van der Waals surface area contributed by atoms with E-state index in [2.05, 4.69) is 8.93 Å². The molecule has 0 radical (unpaired) electrons. The first-order valence-corrected chi connectivity index (χ1v) is 5.66. The third-order valence-electron chi connectivity index (χ3n) is 1.28. The van der Waals surface area contributed by atoms with Gasteiger partial charge >= 0.3 is 0 Å². The largest absolute Gasteiger partial charge is 0.302 e. The molecule has 0 aliphatic carbocycles. The van der Waals surface area contributed by atoms with Crippen LogP contribution in [0.2, 0.25) is 0 Å². The molecule has 0 saturated heterocycles. The van der Waals surface area contributed by atoms with Gasteiger partial charge < -0.3 is 4.79 Å². The lowest BCUT2D eigenvalue weighted by atomic mass is 10.3. The third-order valence-corrected chi connectivity index (χ3v) is 3.24. The van der Waals surface area contributed by atoms with E-state index >= 15 is 0 Å². The lowest BCUT2D eigenvalue weighted by Gasteiger charge is -2.18. The molecule has 0 fully saturated rings. The summed E-state index contributed by atoms with van der Waals surface area (Å²) in [5.74, 6) is 0. The van der Waals surface area contributed by atoms with Gasteiger partial charge in [0.2, 0.25) is 0 Å². The van der Waals surface area contributed by atoms with Gasteiger partial charge in [-0.3, -0.25) is 4.67 Å². The van der Waals surface area contributed by atoms with E-state index in [0.29, 0.717) is 8.42 Å². The van der Waals surface area contributed by atoms with Gasteiger partial charge in [0.05, 0.1) is 6.04 Å². The van der Waals surface area contributed by atoms with Gasteiger partial charge in [-0.1, -0.05) is 15.9 Å². The molecule has 54 valence electrons. The van der Waals surface area contributed by atoms with Crippen LogP contribution in [-0.2, 0) is 4.79 Å². The lowest BCUT2D eigenvalue weighted by molar-refractivity contribution is -0.110. The van der Waals surface area contributed by atoms with Crippen molar-refractivity contribution < 1.29 is 4.79 Å². The van der Waals surface area contributed by atoms with Crippen LogP contribution in [0.15, 0.2) is 0 Å². The molecule has 0 heterocycles. The summed E-state index contributed by atoms with van der Waals surface area (Å²) in [4.78, 5) is 10.3. The molecule has 0 amide bonds. The first-order chi connectivity index (χ1) is 4.26. The molecule has 0 bridgehead atoms. The minimum atomic E-state index is 0.112. The predicted octanol–water partition coefficient (Wildman–Crippen LogP) is 1.28. The Morgan fingerprint density at radius 3 is 2.56 bits per heavy atom. The number of carbonyl (C=O) groups is 1. The Balaban J connectivity index is 3.63. The summed E-state index contributed by atoms with van der Waals surface area (Å²) in [6.45, 7) is 2.01. The highest BCUT2D eigenvalue weighted by Gasteiger charge is 2.07. The second kappa shape index (κ2) is 5.29. The molecule has 3 atom stereocenters. The smallest absolute Gasteiger partial charge is 0.137 e. The highest BCUT2D eigenvalue weighted by atomic mass is 32.0. The molecule has 0 saturated carbocycles. The van der Waals surface area contributed by atoms with Gasteiger partial charge in [-0.05, 0) is 21.9 Å². The van der Waals surface area contributed by atoms with Crippen molar-refractivity contribution in [3.8, 4) is 0 Å². The highest BCUT2D eigenvalue weighted by molar-refractivity contribution is 8.01. The number of rotatable bonds is 4. The Labute approximate surface area is 60.3 Å². The van der Waals surface area contributed by atoms with Crippen molar-refractivity contribution in [1.29, 1.82) is 0 Å². The number of likely N-dealkylation sites (N-methyl/N-ethyl adjacent to an activating group) is 1. The van der Waals surface area contributed by atoms with Crippen LogP contribution in [0.25, 0.3) is 0 Å². The molecule has 3 unspecified atom stereocenters. The van der Waals surface area contributed by atoms with Crippen molar-refractivity contribution in [1.82, 2.24) is 4.67 Å². The molecule has 0 N–H and O–H groups in total. The molecule has 0 aromatic heterocycles. The van der Waals surface area contributed by atoms with Crippen molar-refractivity contribution in [2.75, 3.05) is 7.05 Å². The molecule has 2 nitrogen and oxygen atoms in total. The van der Waals surface area contributed by atoms with E-state index in [-0.39, 0.29) is 6.04 Å². The monoisotopic (exact) mass is 165 g/mol. The first kappa shape index (κ1) is 9.49.